The predicted octanol–water partition coefficient (Wildman–Crippen LogP) is 2.50. The lowest BCUT2D eigenvalue weighted by molar-refractivity contribution is 0.859. The molecular formula is C12H12ClN3. The second-order valence-corrected chi connectivity index (χ2v) is 4.00. The van der Waals surface area contributed by atoms with Gasteiger partial charge in [0, 0.05) is 11.4 Å². The Morgan fingerprint density at radius 1 is 1.00 bits per heavy atom. The quantitative estimate of drug-likeness (QED) is 0.886. The van der Waals surface area contributed by atoms with E-state index < -0.39 is 0 Å². The van der Waals surface area contributed by atoms with Gasteiger partial charge in [0.1, 0.15) is 5.82 Å². The molecule has 0 amide bonds. The minimum absolute atomic E-state index is 0.593. The van der Waals surface area contributed by atoms with Crippen LogP contribution in [-0.4, -0.2) is 9.97 Å². The molecule has 1 aromatic heterocycles. The van der Waals surface area contributed by atoms with E-state index in [1.807, 2.05) is 24.3 Å². The minimum atomic E-state index is 0.593. The molecular weight excluding hydrogens is 222 g/mol. The molecule has 0 bridgehead atoms. The molecule has 0 unspecified atom stereocenters. The Labute approximate surface area is 99.3 Å². The molecule has 4 heteroatoms. The van der Waals surface area contributed by atoms with E-state index in [2.05, 4.69) is 9.97 Å². The number of hydrogen-bond acceptors (Lipinski definition) is 3. The molecule has 1 heterocycles. The largest absolute Gasteiger partial charge is 0.396 e. The minimum Gasteiger partial charge on any atom is -0.396 e. The number of nitrogen functional groups attached to an aromatic ring is 1. The lowest BCUT2D eigenvalue weighted by Gasteiger charge is -2.01. The third-order valence-electron chi connectivity index (χ3n) is 2.28. The summed E-state index contributed by atoms with van der Waals surface area (Å²) in [5, 5.41) is 0.757. The highest BCUT2D eigenvalue weighted by Crippen LogP contribution is 2.11. The van der Waals surface area contributed by atoms with Crippen molar-refractivity contribution < 1.29 is 0 Å². The summed E-state index contributed by atoms with van der Waals surface area (Å²) >= 11 is 5.81. The smallest absolute Gasteiger partial charge is 0.128 e. The van der Waals surface area contributed by atoms with Gasteiger partial charge in [0.05, 0.1) is 18.1 Å². The molecule has 0 saturated carbocycles. The van der Waals surface area contributed by atoms with Crippen molar-refractivity contribution in [2.24, 2.45) is 0 Å². The number of rotatable bonds is 3. The summed E-state index contributed by atoms with van der Waals surface area (Å²) in [6, 6.07) is 7.81. The Bertz CT molecular complexity index is 405. The number of aryl methyl sites for hydroxylation is 2. The van der Waals surface area contributed by atoms with E-state index in [1.54, 1.807) is 12.4 Å². The summed E-state index contributed by atoms with van der Waals surface area (Å²) in [5.74, 6) is 0.809. The zero-order chi connectivity index (χ0) is 11.4. The molecule has 3 nitrogen and oxygen atoms in total. The van der Waals surface area contributed by atoms with Crippen LogP contribution < -0.4 is 5.73 Å². The van der Waals surface area contributed by atoms with Gasteiger partial charge in [-0.1, -0.05) is 23.7 Å². The molecule has 0 radical (unpaired) electrons. The van der Waals surface area contributed by atoms with E-state index in [4.69, 9.17) is 17.3 Å². The first kappa shape index (κ1) is 10.9. The maximum Gasteiger partial charge on any atom is 0.128 e. The van der Waals surface area contributed by atoms with Gasteiger partial charge in [-0.15, -0.1) is 0 Å². The van der Waals surface area contributed by atoms with Gasteiger partial charge in [0.15, 0.2) is 0 Å². The van der Waals surface area contributed by atoms with Crippen LogP contribution >= 0.6 is 11.6 Å². The summed E-state index contributed by atoms with van der Waals surface area (Å²) in [5.41, 5.74) is 7.33. The first-order valence-electron chi connectivity index (χ1n) is 5.05. The van der Waals surface area contributed by atoms with E-state index in [0.29, 0.717) is 5.69 Å². The molecule has 0 fully saturated rings. The molecule has 0 aliphatic rings. The van der Waals surface area contributed by atoms with E-state index in [-0.39, 0.29) is 0 Å². The first-order valence-corrected chi connectivity index (χ1v) is 5.43. The third-order valence-corrected chi connectivity index (χ3v) is 2.53. The van der Waals surface area contributed by atoms with Crippen LogP contribution in [0, 0.1) is 0 Å². The van der Waals surface area contributed by atoms with Gasteiger partial charge in [-0.2, -0.15) is 0 Å². The van der Waals surface area contributed by atoms with Gasteiger partial charge in [0.2, 0.25) is 0 Å². The first-order chi connectivity index (χ1) is 7.74. The number of hydrogen-bond donors (Lipinski definition) is 1. The molecule has 16 heavy (non-hydrogen) atoms. The van der Waals surface area contributed by atoms with Crippen LogP contribution in [0.2, 0.25) is 5.02 Å². The molecule has 2 N–H and O–H groups in total. The van der Waals surface area contributed by atoms with E-state index in [0.717, 1.165) is 23.7 Å². The zero-order valence-corrected chi connectivity index (χ0v) is 9.48. The third kappa shape index (κ3) is 2.94. The van der Waals surface area contributed by atoms with Crippen LogP contribution in [-0.2, 0) is 12.8 Å². The highest BCUT2D eigenvalue weighted by molar-refractivity contribution is 6.30. The summed E-state index contributed by atoms with van der Waals surface area (Å²) in [6.45, 7) is 0. The highest BCUT2D eigenvalue weighted by Gasteiger charge is 1.98. The van der Waals surface area contributed by atoms with E-state index in [9.17, 15) is 0 Å². The van der Waals surface area contributed by atoms with Gasteiger partial charge in [0.25, 0.3) is 0 Å². The van der Waals surface area contributed by atoms with E-state index >= 15 is 0 Å². The Hall–Kier alpha value is -1.61. The Kier molecular flexibility index (Phi) is 3.37. The molecule has 82 valence electrons. The SMILES string of the molecule is Nc1cnc(CCc2ccc(Cl)cc2)nc1. The van der Waals surface area contributed by atoms with Crippen LogP contribution in [0.1, 0.15) is 11.4 Å². The predicted molar refractivity (Wildman–Crippen MR) is 65.3 cm³/mol. The average molecular weight is 234 g/mol. The van der Waals surface area contributed by atoms with Gasteiger partial charge >= 0.3 is 0 Å². The van der Waals surface area contributed by atoms with E-state index in [1.165, 1.54) is 5.56 Å². The van der Waals surface area contributed by atoms with Crippen molar-refractivity contribution in [1.29, 1.82) is 0 Å². The van der Waals surface area contributed by atoms with Crippen molar-refractivity contribution >= 4 is 17.3 Å². The van der Waals surface area contributed by atoms with Crippen molar-refractivity contribution in [3.63, 3.8) is 0 Å². The van der Waals surface area contributed by atoms with Gasteiger partial charge < -0.3 is 5.73 Å². The topological polar surface area (TPSA) is 51.8 Å². The van der Waals surface area contributed by atoms with Crippen molar-refractivity contribution in [2.75, 3.05) is 5.73 Å². The van der Waals surface area contributed by atoms with Crippen LogP contribution in [0.3, 0.4) is 0 Å². The standard InChI is InChI=1S/C12H12ClN3/c13-10-4-1-9(2-5-10)3-6-12-15-7-11(14)8-16-12/h1-2,4-5,7-8H,3,6,14H2. The van der Waals surface area contributed by atoms with Crippen LogP contribution in [0.25, 0.3) is 0 Å². The fraction of sp³-hybridized carbons (Fsp3) is 0.167. The number of anilines is 1. The lowest BCUT2D eigenvalue weighted by Crippen LogP contribution is -1.99. The van der Waals surface area contributed by atoms with Gasteiger partial charge in [-0.05, 0) is 24.1 Å². The monoisotopic (exact) mass is 233 g/mol. The number of nitrogens with zero attached hydrogens (tertiary/aromatic N) is 2. The molecule has 2 rings (SSSR count). The molecule has 2 aromatic rings. The number of aromatic nitrogens is 2. The number of nitrogens with two attached hydrogens (primary N) is 1. The fourth-order valence-electron chi connectivity index (χ4n) is 1.40. The van der Waals surface area contributed by atoms with Crippen molar-refractivity contribution in [3.8, 4) is 0 Å². The molecule has 0 aliphatic carbocycles. The second-order valence-electron chi connectivity index (χ2n) is 3.56. The summed E-state index contributed by atoms with van der Waals surface area (Å²) in [4.78, 5) is 8.30. The molecule has 0 aliphatic heterocycles. The highest BCUT2D eigenvalue weighted by atomic mass is 35.5. The zero-order valence-electron chi connectivity index (χ0n) is 8.73. The average Bonchev–Trinajstić information content (AvgIpc) is 2.30. The summed E-state index contributed by atoms with van der Waals surface area (Å²) in [6.07, 6.45) is 4.97. The fourth-order valence-corrected chi connectivity index (χ4v) is 1.53. The normalized spacial score (nSPS) is 10.3. The Morgan fingerprint density at radius 2 is 1.62 bits per heavy atom. The van der Waals surface area contributed by atoms with Crippen LogP contribution in [0.5, 0.6) is 0 Å². The molecule has 1 aromatic carbocycles. The second kappa shape index (κ2) is 4.94. The van der Waals surface area contributed by atoms with Crippen molar-refractivity contribution in [1.82, 2.24) is 9.97 Å². The Morgan fingerprint density at radius 3 is 2.25 bits per heavy atom. The lowest BCUT2D eigenvalue weighted by atomic mass is 10.1. The number of halogens is 1. The van der Waals surface area contributed by atoms with Crippen molar-refractivity contribution in [3.05, 3.63) is 53.1 Å². The molecule has 0 spiro atoms. The maximum atomic E-state index is 5.81. The molecule has 0 saturated heterocycles. The summed E-state index contributed by atoms with van der Waals surface area (Å²) in [7, 11) is 0. The molecule has 0 atom stereocenters. The van der Waals surface area contributed by atoms with Crippen LogP contribution in [0.15, 0.2) is 36.7 Å². The van der Waals surface area contributed by atoms with Crippen molar-refractivity contribution in [2.45, 2.75) is 12.8 Å². The maximum absolute atomic E-state index is 5.81. The summed E-state index contributed by atoms with van der Waals surface area (Å²) < 4.78 is 0. The van der Waals surface area contributed by atoms with Gasteiger partial charge in [-0.25, -0.2) is 9.97 Å². The van der Waals surface area contributed by atoms with Gasteiger partial charge in [-0.3, -0.25) is 0 Å². The Balaban J connectivity index is 1.97. The van der Waals surface area contributed by atoms with Crippen LogP contribution in [0.4, 0.5) is 5.69 Å². The number of benzene rings is 1.